The molecule has 2 aromatic carbocycles. The summed E-state index contributed by atoms with van der Waals surface area (Å²) in [7, 11) is 0. The molecule has 6 heteroatoms. The molecule has 3 aromatic rings. The van der Waals surface area contributed by atoms with Crippen LogP contribution in [0.15, 0.2) is 65.2 Å². The van der Waals surface area contributed by atoms with Crippen LogP contribution in [-0.4, -0.2) is 28.7 Å². The molecular weight excluding hydrogens is 318 g/mol. The normalized spacial score (nSPS) is 10.7. The molecule has 1 amide bonds. The lowest BCUT2D eigenvalue weighted by molar-refractivity contribution is -0.121. The highest BCUT2D eigenvalue weighted by molar-refractivity contribution is 5.94. The van der Waals surface area contributed by atoms with Crippen molar-refractivity contribution in [3.63, 3.8) is 0 Å². The molecular formula is C19H19N3O3. The van der Waals surface area contributed by atoms with Gasteiger partial charge in [0.05, 0.1) is 0 Å². The standard InChI is InChI=1S/C19H19N3O3/c1-14(2)22(16-11-7-4-8-12-16)17(23)13-24-19-20-18(21-25-19)15-9-5-3-6-10-15/h3-12,14H,13H2,1-2H3. The van der Waals surface area contributed by atoms with Gasteiger partial charge in [-0.3, -0.25) is 9.32 Å². The molecule has 3 rings (SSSR count). The Morgan fingerprint density at radius 3 is 2.36 bits per heavy atom. The van der Waals surface area contributed by atoms with Gasteiger partial charge in [0.2, 0.25) is 5.82 Å². The predicted octanol–water partition coefficient (Wildman–Crippen LogP) is 3.56. The Bertz CT molecular complexity index is 816. The summed E-state index contributed by atoms with van der Waals surface area (Å²) in [5, 5.41) is 3.87. The van der Waals surface area contributed by atoms with Crippen molar-refractivity contribution in [2.24, 2.45) is 0 Å². The van der Waals surface area contributed by atoms with Gasteiger partial charge >= 0.3 is 6.08 Å². The minimum Gasteiger partial charge on any atom is -0.439 e. The number of benzene rings is 2. The van der Waals surface area contributed by atoms with Crippen molar-refractivity contribution in [3.05, 3.63) is 60.7 Å². The van der Waals surface area contributed by atoms with Crippen molar-refractivity contribution in [2.45, 2.75) is 19.9 Å². The summed E-state index contributed by atoms with van der Waals surface area (Å²) in [6.07, 6.45) is -0.0241. The van der Waals surface area contributed by atoms with Crippen LogP contribution in [0, 0.1) is 0 Å². The highest BCUT2D eigenvalue weighted by atomic mass is 16.6. The Kier molecular flexibility index (Phi) is 5.09. The number of anilines is 1. The van der Waals surface area contributed by atoms with Crippen molar-refractivity contribution in [2.75, 3.05) is 11.5 Å². The summed E-state index contributed by atoms with van der Waals surface area (Å²) in [6.45, 7) is 3.72. The van der Waals surface area contributed by atoms with Crippen LogP contribution in [0.5, 0.6) is 6.08 Å². The Labute approximate surface area is 146 Å². The lowest BCUT2D eigenvalue weighted by Crippen LogP contribution is -2.40. The molecule has 0 saturated carbocycles. The summed E-state index contributed by atoms with van der Waals surface area (Å²) < 4.78 is 10.5. The van der Waals surface area contributed by atoms with Gasteiger partial charge in [-0.2, -0.15) is 4.98 Å². The zero-order valence-corrected chi connectivity index (χ0v) is 14.1. The number of carbonyl (C=O) groups is 1. The van der Waals surface area contributed by atoms with Crippen LogP contribution >= 0.6 is 0 Å². The summed E-state index contributed by atoms with van der Waals surface area (Å²) >= 11 is 0. The third-order valence-corrected chi connectivity index (χ3v) is 3.58. The molecule has 0 unspecified atom stereocenters. The van der Waals surface area contributed by atoms with Crippen molar-refractivity contribution < 1.29 is 14.1 Å². The number of rotatable bonds is 6. The van der Waals surface area contributed by atoms with E-state index in [0.29, 0.717) is 5.82 Å². The van der Waals surface area contributed by atoms with Crippen LogP contribution in [0.25, 0.3) is 11.4 Å². The number of aromatic nitrogens is 2. The Balaban J connectivity index is 1.66. The van der Waals surface area contributed by atoms with Gasteiger partial charge in [0.15, 0.2) is 6.61 Å². The monoisotopic (exact) mass is 337 g/mol. The van der Waals surface area contributed by atoms with Gasteiger partial charge in [-0.15, -0.1) is 0 Å². The molecule has 1 aromatic heterocycles. The van der Waals surface area contributed by atoms with Crippen molar-refractivity contribution in [1.29, 1.82) is 0 Å². The van der Waals surface area contributed by atoms with E-state index in [9.17, 15) is 4.79 Å². The Morgan fingerprint density at radius 1 is 1.08 bits per heavy atom. The minimum absolute atomic E-state index is 0.000986. The number of hydrogen-bond acceptors (Lipinski definition) is 5. The fourth-order valence-electron chi connectivity index (χ4n) is 2.48. The SMILES string of the molecule is CC(C)N(C(=O)COc1nc(-c2ccccc2)no1)c1ccccc1. The maximum absolute atomic E-state index is 12.5. The summed E-state index contributed by atoms with van der Waals surface area (Å²) in [5.41, 5.74) is 1.64. The van der Waals surface area contributed by atoms with Gasteiger partial charge in [-0.1, -0.05) is 53.7 Å². The maximum Gasteiger partial charge on any atom is 0.418 e. The number of hydrogen-bond donors (Lipinski definition) is 0. The van der Waals surface area contributed by atoms with E-state index in [1.807, 2.05) is 74.5 Å². The number of ether oxygens (including phenoxy) is 1. The lowest BCUT2D eigenvalue weighted by atomic mass is 10.2. The molecule has 128 valence electrons. The average Bonchev–Trinajstić information content (AvgIpc) is 3.10. The van der Waals surface area contributed by atoms with Gasteiger partial charge < -0.3 is 9.64 Å². The highest BCUT2D eigenvalue weighted by Crippen LogP contribution is 2.19. The first-order valence-corrected chi connectivity index (χ1v) is 8.04. The predicted molar refractivity (Wildman–Crippen MR) is 94.3 cm³/mol. The van der Waals surface area contributed by atoms with Crippen LogP contribution < -0.4 is 9.64 Å². The van der Waals surface area contributed by atoms with Gasteiger partial charge in [0, 0.05) is 17.3 Å². The largest absolute Gasteiger partial charge is 0.439 e. The maximum atomic E-state index is 12.5. The zero-order chi connectivity index (χ0) is 17.6. The van der Waals surface area contributed by atoms with E-state index < -0.39 is 0 Å². The topological polar surface area (TPSA) is 68.5 Å². The molecule has 0 fully saturated rings. The van der Waals surface area contributed by atoms with Gasteiger partial charge in [0.1, 0.15) is 0 Å². The number of nitrogens with zero attached hydrogens (tertiary/aromatic N) is 3. The number of amides is 1. The first-order valence-electron chi connectivity index (χ1n) is 8.04. The Hall–Kier alpha value is -3.15. The van der Waals surface area contributed by atoms with E-state index in [2.05, 4.69) is 10.1 Å². The quantitative estimate of drug-likeness (QED) is 0.688. The van der Waals surface area contributed by atoms with Crippen LogP contribution in [0.2, 0.25) is 0 Å². The first kappa shape index (κ1) is 16.7. The molecule has 1 heterocycles. The summed E-state index contributed by atoms with van der Waals surface area (Å²) in [4.78, 5) is 18.4. The molecule has 0 aliphatic rings. The van der Waals surface area contributed by atoms with Crippen LogP contribution in [0.4, 0.5) is 5.69 Å². The molecule has 0 aliphatic heterocycles. The molecule has 0 atom stereocenters. The van der Waals surface area contributed by atoms with Crippen LogP contribution in [0.3, 0.4) is 0 Å². The van der Waals surface area contributed by atoms with Gasteiger partial charge in [-0.05, 0) is 26.0 Å². The minimum atomic E-state index is -0.180. The van der Waals surface area contributed by atoms with Crippen LogP contribution in [-0.2, 0) is 4.79 Å². The highest BCUT2D eigenvalue weighted by Gasteiger charge is 2.20. The molecule has 0 bridgehead atoms. The summed E-state index contributed by atoms with van der Waals surface area (Å²) in [5.74, 6) is 0.243. The van der Waals surface area contributed by atoms with Crippen molar-refractivity contribution >= 4 is 11.6 Å². The number of carbonyl (C=O) groups excluding carboxylic acids is 1. The molecule has 25 heavy (non-hydrogen) atoms. The molecule has 0 N–H and O–H groups in total. The van der Waals surface area contributed by atoms with E-state index in [4.69, 9.17) is 9.26 Å². The van der Waals surface area contributed by atoms with E-state index in [1.165, 1.54) is 0 Å². The third kappa shape index (κ3) is 4.03. The third-order valence-electron chi connectivity index (χ3n) is 3.58. The summed E-state index contributed by atoms with van der Waals surface area (Å²) in [6, 6.07) is 18.9. The smallest absolute Gasteiger partial charge is 0.418 e. The average molecular weight is 337 g/mol. The van der Waals surface area contributed by atoms with E-state index in [1.54, 1.807) is 4.90 Å². The van der Waals surface area contributed by atoms with Crippen LogP contribution in [0.1, 0.15) is 13.8 Å². The second-order valence-electron chi connectivity index (χ2n) is 5.73. The van der Waals surface area contributed by atoms with Crippen molar-refractivity contribution in [1.82, 2.24) is 10.1 Å². The molecule has 0 radical (unpaired) electrons. The number of para-hydroxylation sites is 1. The van der Waals surface area contributed by atoms with Gasteiger partial charge in [0.25, 0.3) is 5.91 Å². The van der Waals surface area contributed by atoms with E-state index >= 15 is 0 Å². The second-order valence-corrected chi connectivity index (χ2v) is 5.73. The fraction of sp³-hybridized carbons (Fsp3) is 0.211. The Morgan fingerprint density at radius 2 is 1.72 bits per heavy atom. The lowest BCUT2D eigenvalue weighted by Gasteiger charge is -2.26. The zero-order valence-electron chi connectivity index (χ0n) is 14.1. The molecule has 0 spiro atoms. The fourth-order valence-corrected chi connectivity index (χ4v) is 2.48. The molecule has 0 saturated heterocycles. The van der Waals surface area contributed by atoms with Crippen molar-refractivity contribution in [3.8, 4) is 17.5 Å². The van der Waals surface area contributed by atoms with E-state index in [-0.39, 0.29) is 24.6 Å². The van der Waals surface area contributed by atoms with E-state index in [0.717, 1.165) is 11.3 Å². The second kappa shape index (κ2) is 7.61. The van der Waals surface area contributed by atoms with Gasteiger partial charge in [-0.25, -0.2) is 0 Å². The first-order chi connectivity index (χ1) is 12.1. The molecule has 6 nitrogen and oxygen atoms in total. The molecule has 0 aliphatic carbocycles.